The third kappa shape index (κ3) is 2.22. The predicted molar refractivity (Wildman–Crippen MR) is 61.7 cm³/mol. The van der Waals surface area contributed by atoms with E-state index in [-0.39, 0.29) is 11.9 Å². The second-order valence-electron chi connectivity index (χ2n) is 4.15. The maximum absolute atomic E-state index is 11.5. The number of hydrogen-bond donors (Lipinski definition) is 1. The number of Topliss-reactive ketones (excluding diaryl/α,β-unsaturated/α-hetero) is 1. The highest BCUT2D eigenvalue weighted by atomic mass is 16.3. The Morgan fingerprint density at radius 3 is 2.81 bits per heavy atom. The van der Waals surface area contributed by atoms with Crippen molar-refractivity contribution in [3.05, 3.63) is 23.9 Å². The van der Waals surface area contributed by atoms with E-state index in [1.807, 2.05) is 0 Å². The van der Waals surface area contributed by atoms with Gasteiger partial charge in [0.2, 0.25) is 0 Å². The van der Waals surface area contributed by atoms with Crippen molar-refractivity contribution in [3.8, 4) is 0 Å². The van der Waals surface area contributed by atoms with E-state index in [0.29, 0.717) is 5.56 Å². The molecule has 1 fully saturated rings. The van der Waals surface area contributed by atoms with Crippen LogP contribution in [-0.2, 0) is 0 Å². The maximum Gasteiger partial charge on any atom is 0.163 e. The Hall–Kier alpha value is -1.42. The van der Waals surface area contributed by atoms with Crippen LogP contribution >= 0.6 is 0 Å². The van der Waals surface area contributed by atoms with Gasteiger partial charge in [0.15, 0.2) is 5.78 Å². The summed E-state index contributed by atoms with van der Waals surface area (Å²) in [5.41, 5.74) is 0.666. The molecule has 1 aliphatic rings. The SMILES string of the molecule is CC(=O)c1cccnc1N1CCC(O)CC1. The van der Waals surface area contributed by atoms with E-state index < -0.39 is 0 Å². The molecule has 0 saturated carbocycles. The third-order valence-corrected chi connectivity index (χ3v) is 2.93. The summed E-state index contributed by atoms with van der Waals surface area (Å²) in [6, 6.07) is 3.58. The molecule has 0 aliphatic carbocycles. The zero-order valence-corrected chi connectivity index (χ0v) is 9.39. The van der Waals surface area contributed by atoms with Gasteiger partial charge in [-0.25, -0.2) is 4.98 Å². The molecule has 0 amide bonds. The van der Waals surface area contributed by atoms with Gasteiger partial charge in [-0.3, -0.25) is 4.79 Å². The van der Waals surface area contributed by atoms with E-state index in [0.717, 1.165) is 31.7 Å². The van der Waals surface area contributed by atoms with Crippen molar-refractivity contribution in [2.75, 3.05) is 18.0 Å². The summed E-state index contributed by atoms with van der Waals surface area (Å²) in [7, 11) is 0. The molecule has 1 N–H and O–H groups in total. The fourth-order valence-corrected chi connectivity index (χ4v) is 2.00. The first-order valence-electron chi connectivity index (χ1n) is 5.57. The smallest absolute Gasteiger partial charge is 0.163 e. The molecule has 2 rings (SSSR count). The van der Waals surface area contributed by atoms with Crippen LogP contribution in [0.1, 0.15) is 30.1 Å². The van der Waals surface area contributed by atoms with E-state index >= 15 is 0 Å². The molecule has 16 heavy (non-hydrogen) atoms. The largest absolute Gasteiger partial charge is 0.393 e. The van der Waals surface area contributed by atoms with Gasteiger partial charge in [-0.1, -0.05) is 0 Å². The molecular formula is C12H16N2O2. The Morgan fingerprint density at radius 2 is 2.19 bits per heavy atom. The minimum Gasteiger partial charge on any atom is -0.393 e. The van der Waals surface area contributed by atoms with E-state index in [1.165, 1.54) is 0 Å². The highest BCUT2D eigenvalue weighted by Gasteiger charge is 2.21. The first-order valence-corrected chi connectivity index (χ1v) is 5.57. The van der Waals surface area contributed by atoms with Gasteiger partial charge in [-0.15, -0.1) is 0 Å². The minimum absolute atomic E-state index is 0.0363. The Morgan fingerprint density at radius 1 is 1.50 bits per heavy atom. The number of aromatic nitrogens is 1. The molecule has 0 atom stereocenters. The van der Waals surface area contributed by atoms with Crippen LogP contribution < -0.4 is 4.90 Å². The number of carbonyl (C=O) groups is 1. The number of nitrogens with zero attached hydrogens (tertiary/aromatic N) is 2. The third-order valence-electron chi connectivity index (χ3n) is 2.93. The summed E-state index contributed by atoms with van der Waals surface area (Å²) in [5.74, 6) is 0.788. The van der Waals surface area contributed by atoms with Crippen LogP contribution in [0.5, 0.6) is 0 Å². The number of piperidine rings is 1. The first-order chi connectivity index (χ1) is 7.68. The average Bonchev–Trinajstić information content (AvgIpc) is 2.30. The predicted octanol–water partition coefficient (Wildman–Crippen LogP) is 1.25. The fraction of sp³-hybridized carbons (Fsp3) is 0.500. The van der Waals surface area contributed by atoms with Crippen LogP contribution in [0.25, 0.3) is 0 Å². The van der Waals surface area contributed by atoms with E-state index in [9.17, 15) is 9.90 Å². The second-order valence-corrected chi connectivity index (χ2v) is 4.15. The highest BCUT2D eigenvalue weighted by molar-refractivity contribution is 5.98. The van der Waals surface area contributed by atoms with Gasteiger partial charge in [0, 0.05) is 19.3 Å². The molecule has 0 bridgehead atoms. The van der Waals surface area contributed by atoms with Crippen LogP contribution in [0, 0.1) is 0 Å². The number of aliphatic hydroxyl groups excluding tert-OH is 1. The van der Waals surface area contributed by atoms with Gasteiger partial charge in [-0.05, 0) is 31.9 Å². The van der Waals surface area contributed by atoms with Crippen molar-refractivity contribution >= 4 is 11.6 Å². The highest BCUT2D eigenvalue weighted by Crippen LogP contribution is 2.21. The monoisotopic (exact) mass is 220 g/mol. The molecule has 0 spiro atoms. The summed E-state index contributed by atoms with van der Waals surface area (Å²) in [5, 5.41) is 9.44. The normalized spacial score (nSPS) is 17.5. The van der Waals surface area contributed by atoms with Crippen LogP contribution in [0.2, 0.25) is 0 Å². The Bertz CT molecular complexity index is 384. The fourth-order valence-electron chi connectivity index (χ4n) is 2.00. The van der Waals surface area contributed by atoms with Crippen LogP contribution in [-0.4, -0.2) is 35.1 Å². The van der Waals surface area contributed by atoms with Gasteiger partial charge in [0.25, 0.3) is 0 Å². The van der Waals surface area contributed by atoms with Crippen LogP contribution in [0.15, 0.2) is 18.3 Å². The van der Waals surface area contributed by atoms with Crippen LogP contribution in [0.3, 0.4) is 0 Å². The zero-order valence-electron chi connectivity index (χ0n) is 9.39. The summed E-state index contributed by atoms with van der Waals surface area (Å²) in [6.45, 7) is 3.08. The molecule has 4 nitrogen and oxygen atoms in total. The lowest BCUT2D eigenvalue weighted by atomic mass is 10.1. The average molecular weight is 220 g/mol. The molecule has 0 unspecified atom stereocenters. The van der Waals surface area contributed by atoms with Crippen molar-refractivity contribution in [3.63, 3.8) is 0 Å². The van der Waals surface area contributed by atoms with Gasteiger partial charge >= 0.3 is 0 Å². The van der Waals surface area contributed by atoms with Crippen molar-refractivity contribution in [2.24, 2.45) is 0 Å². The second kappa shape index (κ2) is 4.61. The summed E-state index contributed by atoms with van der Waals surface area (Å²) < 4.78 is 0. The lowest BCUT2D eigenvalue weighted by Crippen LogP contribution is -2.37. The number of hydrogen-bond acceptors (Lipinski definition) is 4. The van der Waals surface area contributed by atoms with E-state index in [4.69, 9.17) is 0 Å². The number of pyridine rings is 1. The first kappa shape index (κ1) is 11.1. The molecule has 4 heteroatoms. The van der Waals surface area contributed by atoms with Gasteiger partial charge in [0.05, 0.1) is 11.7 Å². The number of carbonyl (C=O) groups excluding carboxylic acids is 1. The Kier molecular flexibility index (Phi) is 3.19. The molecule has 1 aromatic heterocycles. The van der Waals surface area contributed by atoms with E-state index in [2.05, 4.69) is 9.88 Å². The van der Waals surface area contributed by atoms with Gasteiger partial charge < -0.3 is 10.0 Å². The molecule has 1 aromatic rings. The molecule has 1 saturated heterocycles. The van der Waals surface area contributed by atoms with E-state index in [1.54, 1.807) is 25.3 Å². The topological polar surface area (TPSA) is 53.4 Å². The molecule has 86 valence electrons. The maximum atomic E-state index is 11.5. The molecule has 0 aromatic carbocycles. The Balaban J connectivity index is 2.23. The number of ketones is 1. The van der Waals surface area contributed by atoms with Crippen molar-refractivity contribution in [1.29, 1.82) is 0 Å². The number of rotatable bonds is 2. The quantitative estimate of drug-likeness (QED) is 0.762. The molecule has 0 radical (unpaired) electrons. The Labute approximate surface area is 94.9 Å². The van der Waals surface area contributed by atoms with Gasteiger partial charge in [0.1, 0.15) is 5.82 Å². The summed E-state index contributed by atoms with van der Waals surface area (Å²) >= 11 is 0. The lowest BCUT2D eigenvalue weighted by Gasteiger charge is -2.31. The summed E-state index contributed by atoms with van der Waals surface area (Å²) in [4.78, 5) is 17.8. The lowest BCUT2D eigenvalue weighted by molar-refractivity contribution is 0.101. The zero-order chi connectivity index (χ0) is 11.5. The van der Waals surface area contributed by atoms with Gasteiger partial charge in [-0.2, -0.15) is 0 Å². The van der Waals surface area contributed by atoms with Crippen LogP contribution in [0.4, 0.5) is 5.82 Å². The summed E-state index contributed by atoms with van der Waals surface area (Å²) in [6.07, 6.45) is 2.98. The number of aliphatic hydroxyl groups is 1. The molecule has 2 heterocycles. The number of anilines is 1. The standard InChI is InChI=1S/C12H16N2O2/c1-9(15)11-3-2-6-13-12(11)14-7-4-10(16)5-8-14/h2-3,6,10,16H,4-5,7-8H2,1H3. The molecular weight excluding hydrogens is 204 g/mol. The van der Waals surface area contributed by atoms with Crippen molar-refractivity contribution in [2.45, 2.75) is 25.9 Å². The minimum atomic E-state index is -0.208. The van der Waals surface area contributed by atoms with Crippen molar-refractivity contribution < 1.29 is 9.90 Å². The van der Waals surface area contributed by atoms with Crippen molar-refractivity contribution in [1.82, 2.24) is 4.98 Å². The molecule has 1 aliphatic heterocycles.